The van der Waals surface area contributed by atoms with Crippen LogP contribution in [0.25, 0.3) is 10.9 Å². The molecule has 1 aromatic heterocycles. The van der Waals surface area contributed by atoms with Gasteiger partial charge in [-0.2, -0.15) is 0 Å². The number of thioether (sulfide) groups is 1. The van der Waals surface area contributed by atoms with E-state index < -0.39 is 0 Å². The average Bonchev–Trinajstić information content (AvgIpc) is 3.18. The van der Waals surface area contributed by atoms with Gasteiger partial charge in [0.2, 0.25) is 0 Å². The summed E-state index contributed by atoms with van der Waals surface area (Å²) in [6.07, 6.45) is 0.949. The van der Waals surface area contributed by atoms with Crippen molar-refractivity contribution < 1.29 is 14.2 Å². The van der Waals surface area contributed by atoms with Gasteiger partial charge in [-0.15, -0.1) is 24.4 Å². The lowest BCUT2D eigenvalue weighted by molar-refractivity contribution is 0.0789. The van der Waals surface area contributed by atoms with Gasteiger partial charge in [-0.05, 0) is 47.9 Å². The molecule has 0 spiro atoms. The van der Waals surface area contributed by atoms with Gasteiger partial charge in [-0.1, -0.05) is 23.7 Å². The van der Waals surface area contributed by atoms with Crippen molar-refractivity contribution in [2.24, 2.45) is 0 Å². The van der Waals surface area contributed by atoms with Gasteiger partial charge in [-0.3, -0.25) is 4.90 Å². The minimum absolute atomic E-state index is 0.0382. The summed E-state index contributed by atoms with van der Waals surface area (Å²) in [6.45, 7) is 2.83. The van der Waals surface area contributed by atoms with Gasteiger partial charge in [0.15, 0.2) is 0 Å². The maximum Gasteiger partial charge on any atom is 0.118 e. The van der Waals surface area contributed by atoms with Gasteiger partial charge in [0, 0.05) is 41.0 Å². The standard InChI is InChI=1S/C24H29ClN2O3S2/c1-28-11-12-30-13-14-32-24(31)27-10-9-19-20-15-17(25)5-8-21(20)26-22(19)23(27)16-3-6-18(29-2)7-4-16/h3-8,15,23-24,26,31H,9-14H2,1-2H3. The van der Waals surface area contributed by atoms with Crippen molar-refractivity contribution in [1.82, 2.24) is 9.88 Å². The molecule has 1 aliphatic rings. The Bertz CT molecular complexity index is 1030. The summed E-state index contributed by atoms with van der Waals surface area (Å²) in [7, 11) is 3.38. The molecule has 2 aromatic carbocycles. The molecule has 8 heteroatoms. The maximum absolute atomic E-state index is 6.31. The fraction of sp³-hybridized carbons (Fsp3) is 0.417. The Morgan fingerprint density at radius 1 is 1.16 bits per heavy atom. The van der Waals surface area contributed by atoms with E-state index in [9.17, 15) is 0 Å². The van der Waals surface area contributed by atoms with Crippen molar-refractivity contribution in [3.63, 3.8) is 0 Å². The number of benzene rings is 2. The number of ether oxygens (including phenoxy) is 3. The lowest BCUT2D eigenvalue weighted by Gasteiger charge is -2.39. The van der Waals surface area contributed by atoms with Crippen molar-refractivity contribution in [2.45, 2.75) is 17.2 Å². The lowest BCUT2D eigenvalue weighted by atomic mass is 9.93. The molecule has 2 heterocycles. The number of nitrogens with one attached hydrogen (secondary N) is 1. The summed E-state index contributed by atoms with van der Waals surface area (Å²) in [4.78, 5) is 6.13. The third kappa shape index (κ3) is 5.24. The van der Waals surface area contributed by atoms with Crippen LogP contribution < -0.4 is 4.74 Å². The number of H-pyrrole nitrogens is 1. The molecule has 1 aliphatic heterocycles. The topological polar surface area (TPSA) is 46.7 Å². The predicted molar refractivity (Wildman–Crippen MR) is 136 cm³/mol. The molecule has 1 N–H and O–H groups in total. The molecule has 172 valence electrons. The average molecular weight is 493 g/mol. The number of fused-ring (bicyclic) bond motifs is 3. The Balaban J connectivity index is 1.60. The van der Waals surface area contributed by atoms with E-state index in [1.54, 1.807) is 26.0 Å². The summed E-state index contributed by atoms with van der Waals surface area (Å²) >= 11 is 13.1. The fourth-order valence-corrected chi connectivity index (χ4v) is 5.79. The first kappa shape index (κ1) is 23.8. The zero-order chi connectivity index (χ0) is 22.5. The first-order valence-electron chi connectivity index (χ1n) is 10.7. The Hall–Kier alpha value is -1.35. The van der Waals surface area contributed by atoms with Gasteiger partial charge in [0.25, 0.3) is 0 Å². The van der Waals surface area contributed by atoms with Crippen molar-refractivity contribution in [1.29, 1.82) is 0 Å². The third-order valence-electron chi connectivity index (χ3n) is 5.77. The first-order chi connectivity index (χ1) is 15.6. The van der Waals surface area contributed by atoms with Crippen molar-refractivity contribution in [3.8, 4) is 5.75 Å². The minimum Gasteiger partial charge on any atom is -0.497 e. The van der Waals surface area contributed by atoms with Gasteiger partial charge >= 0.3 is 0 Å². The van der Waals surface area contributed by atoms with Gasteiger partial charge in [0.1, 0.15) is 10.5 Å². The summed E-state index contributed by atoms with van der Waals surface area (Å²) in [5.74, 6) is 1.73. The smallest absolute Gasteiger partial charge is 0.118 e. The predicted octanol–water partition coefficient (Wildman–Crippen LogP) is 5.39. The Morgan fingerprint density at radius 2 is 1.97 bits per heavy atom. The molecule has 0 bridgehead atoms. The quantitative estimate of drug-likeness (QED) is 0.226. The second-order valence-corrected chi connectivity index (χ2v) is 10.1. The van der Waals surface area contributed by atoms with Crippen LogP contribution in [0.15, 0.2) is 42.5 Å². The minimum atomic E-state index is 0.0382. The van der Waals surface area contributed by atoms with E-state index in [4.69, 9.17) is 38.4 Å². The van der Waals surface area contributed by atoms with Crippen molar-refractivity contribution >= 4 is 46.9 Å². The molecule has 5 nitrogen and oxygen atoms in total. The number of halogens is 1. The first-order valence-corrected chi connectivity index (χ1v) is 12.6. The van der Waals surface area contributed by atoms with Crippen LogP contribution in [0, 0.1) is 0 Å². The molecule has 0 saturated carbocycles. The number of hydrogen-bond acceptors (Lipinski definition) is 6. The SMILES string of the molecule is COCCOCCSC(S)N1CCc2c([nH]c3ccc(Cl)cc23)C1c1ccc(OC)cc1. The highest BCUT2D eigenvalue weighted by Gasteiger charge is 2.34. The molecule has 2 unspecified atom stereocenters. The summed E-state index contributed by atoms with van der Waals surface area (Å²) in [5, 5.41) is 1.97. The third-order valence-corrected chi connectivity index (χ3v) is 7.72. The van der Waals surface area contributed by atoms with E-state index >= 15 is 0 Å². The van der Waals surface area contributed by atoms with Gasteiger partial charge in [0.05, 0.1) is 33.0 Å². The van der Waals surface area contributed by atoms with Crippen LogP contribution in [0.1, 0.15) is 22.9 Å². The molecule has 0 radical (unpaired) electrons. The highest BCUT2D eigenvalue weighted by Crippen LogP contribution is 2.42. The molecule has 4 rings (SSSR count). The lowest BCUT2D eigenvalue weighted by Crippen LogP contribution is -2.40. The van der Waals surface area contributed by atoms with Crippen LogP contribution >= 0.6 is 36.0 Å². The molecule has 2 atom stereocenters. The highest BCUT2D eigenvalue weighted by molar-refractivity contribution is 8.10. The van der Waals surface area contributed by atoms with Crippen molar-refractivity contribution in [2.75, 3.05) is 46.3 Å². The van der Waals surface area contributed by atoms with Crippen LogP contribution in [0.5, 0.6) is 5.75 Å². The Morgan fingerprint density at radius 3 is 2.72 bits per heavy atom. The number of aromatic amines is 1. The van der Waals surface area contributed by atoms with Gasteiger partial charge in [-0.25, -0.2) is 0 Å². The number of rotatable bonds is 10. The summed E-state index contributed by atoms with van der Waals surface area (Å²) in [6, 6.07) is 14.5. The van der Waals surface area contributed by atoms with Crippen LogP contribution in [0.4, 0.5) is 0 Å². The molecule has 0 aliphatic carbocycles. The molecule has 32 heavy (non-hydrogen) atoms. The zero-order valence-corrected chi connectivity index (χ0v) is 20.8. The van der Waals surface area contributed by atoms with E-state index in [1.807, 2.05) is 18.2 Å². The van der Waals surface area contributed by atoms with Crippen molar-refractivity contribution in [3.05, 3.63) is 64.3 Å². The number of hydrogen-bond donors (Lipinski definition) is 2. The Kier molecular flexibility index (Phi) is 8.32. The number of thiol groups is 1. The molecular weight excluding hydrogens is 464 g/mol. The van der Waals surface area contributed by atoms with E-state index in [-0.39, 0.29) is 10.7 Å². The largest absolute Gasteiger partial charge is 0.497 e. The Labute approximate surface area is 204 Å². The van der Waals surface area contributed by atoms with Crippen LogP contribution in [-0.2, 0) is 15.9 Å². The highest BCUT2D eigenvalue weighted by atomic mass is 35.5. The molecular formula is C24H29ClN2O3S2. The van der Waals surface area contributed by atoms with Crippen LogP contribution in [-0.4, -0.2) is 60.9 Å². The number of aromatic nitrogens is 1. The maximum atomic E-state index is 6.31. The second-order valence-electron chi connectivity index (χ2n) is 7.67. The number of methoxy groups -OCH3 is 2. The monoisotopic (exact) mass is 492 g/mol. The van der Waals surface area contributed by atoms with Crippen LogP contribution in [0.2, 0.25) is 5.02 Å². The molecule has 3 aromatic rings. The summed E-state index contributed by atoms with van der Waals surface area (Å²) in [5.41, 5.74) is 4.89. The second kappa shape index (κ2) is 11.2. The van der Waals surface area contributed by atoms with E-state index in [1.165, 1.54) is 22.2 Å². The summed E-state index contributed by atoms with van der Waals surface area (Å²) < 4.78 is 16.1. The zero-order valence-electron chi connectivity index (χ0n) is 18.3. The van der Waals surface area contributed by atoms with E-state index in [0.717, 1.165) is 35.0 Å². The van der Waals surface area contributed by atoms with Gasteiger partial charge < -0.3 is 19.2 Å². The van der Waals surface area contributed by atoms with Crippen LogP contribution in [0.3, 0.4) is 0 Å². The normalized spacial score (nSPS) is 17.4. The van der Waals surface area contributed by atoms with E-state index in [0.29, 0.717) is 19.8 Å². The molecule has 0 fully saturated rings. The fourth-order valence-electron chi connectivity index (χ4n) is 4.21. The number of nitrogens with zero attached hydrogens (tertiary/aromatic N) is 1. The molecule has 0 amide bonds. The van der Waals surface area contributed by atoms with E-state index in [2.05, 4.69) is 34.1 Å². The molecule has 0 saturated heterocycles.